The minimum Gasteiger partial charge on any atom is -0.366 e. The molecule has 19 heavy (non-hydrogen) atoms. The molecule has 6 nitrogen and oxygen atoms in total. The lowest BCUT2D eigenvalue weighted by molar-refractivity contribution is 0.0918. The third kappa shape index (κ3) is 2.18. The first-order valence-corrected chi connectivity index (χ1v) is 6.28. The van der Waals surface area contributed by atoms with E-state index in [0.717, 1.165) is 5.69 Å². The Morgan fingerprint density at radius 1 is 1.26 bits per heavy atom. The Morgan fingerprint density at radius 2 is 1.89 bits per heavy atom. The number of carbonyl (C=O) groups is 2. The van der Waals surface area contributed by atoms with Crippen molar-refractivity contribution < 1.29 is 9.59 Å². The highest BCUT2D eigenvalue weighted by Crippen LogP contribution is 2.41. The lowest BCUT2D eigenvalue weighted by Gasteiger charge is -2.43. The van der Waals surface area contributed by atoms with Crippen LogP contribution in [0.15, 0.2) is 12.3 Å². The zero-order valence-corrected chi connectivity index (χ0v) is 11.5. The molecule has 0 saturated heterocycles. The molecular weight excluding hydrogens is 244 g/mol. The highest BCUT2D eigenvalue weighted by Gasteiger charge is 2.40. The average Bonchev–Trinajstić information content (AvgIpc) is 2.69. The molecule has 4 N–H and O–H groups in total. The Morgan fingerprint density at radius 3 is 2.37 bits per heavy atom. The Labute approximate surface area is 112 Å². The number of aromatic nitrogens is 1. The lowest BCUT2D eigenvalue weighted by atomic mass is 9.81. The predicted octanol–water partition coefficient (Wildman–Crippen LogP) is 1.07. The van der Waals surface area contributed by atoms with Gasteiger partial charge < -0.3 is 20.9 Å². The van der Waals surface area contributed by atoms with Gasteiger partial charge >= 0.3 is 6.03 Å². The quantitative estimate of drug-likeness (QED) is 0.793. The number of hydrogen-bond acceptors (Lipinski definition) is 2. The molecule has 0 aliphatic carbocycles. The number of nitrogens with zero attached hydrogens (tertiary/aromatic N) is 2. The lowest BCUT2D eigenvalue weighted by Crippen LogP contribution is -2.49. The van der Waals surface area contributed by atoms with Gasteiger partial charge in [0.1, 0.15) is 0 Å². The average molecular weight is 264 g/mol. The van der Waals surface area contributed by atoms with Crippen LogP contribution in [0.2, 0.25) is 0 Å². The molecule has 0 spiro atoms. The van der Waals surface area contributed by atoms with Gasteiger partial charge in [-0.05, 0) is 11.5 Å². The fourth-order valence-corrected chi connectivity index (χ4v) is 2.80. The number of fused-ring (bicyclic) bond motifs is 1. The van der Waals surface area contributed by atoms with E-state index >= 15 is 0 Å². The van der Waals surface area contributed by atoms with Crippen molar-refractivity contribution in [3.8, 4) is 0 Å². The van der Waals surface area contributed by atoms with Crippen LogP contribution in [0, 0.1) is 5.41 Å². The van der Waals surface area contributed by atoms with Gasteiger partial charge in [0.25, 0.3) is 5.91 Å². The standard InChI is InChI=1S/C13H20N4O2/c1-13(2,3)10-9-8(11(14)18)4-5-16(9)6-7-17(10)12(15)19/h4-5,10H,6-7H2,1-3H3,(H2,14,18)(H2,15,19). The molecule has 6 heteroatoms. The molecule has 2 heterocycles. The van der Waals surface area contributed by atoms with Crippen molar-refractivity contribution in [1.82, 2.24) is 9.47 Å². The molecule has 0 bridgehead atoms. The molecule has 0 fully saturated rings. The van der Waals surface area contributed by atoms with Gasteiger partial charge in [-0.3, -0.25) is 4.79 Å². The zero-order valence-electron chi connectivity index (χ0n) is 11.5. The molecular formula is C13H20N4O2. The molecule has 3 amide bonds. The third-order valence-electron chi connectivity index (χ3n) is 3.53. The van der Waals surface area contributed by atoms with Crippen LogP contribution < -0.4 is 11.5 Å². The van der Waals surface area contributed by atoms with E-state index in [0.29, 0.717) is 18.7 Å². The largest absolute Gasteiger partial charge is 0.366 e. The van der Waals surface area contributed by atoms with Crippen molar-refractivity contribution >= 4 is 11.9 Å². The Bertz CT molecular complexity index is 527. The van der Waals surface area contributed by atoms with E-state index in [-0.39, 0.29) is 11.5 Å². The highest BCUT2D eigenvalue weighted by molar-refractivity contribution is 5.94. The summed E-state index contributed by atoms with van der Waals surface area (Å²) in [4.78, 5) is 24.8. The molecule has 2 rings (SSSR count). The van der Waals surface area contributed by atoms with Crippen LogP contribution in [0.25, 0.3) is 0 Å². The molecule has 0 aromatic carbocycles. The second-order valence-electron chi connectivity index (χ2n) is 5.97. The van der Waals surface area contributed by atoms with E-state index in [1.165, 1.54) is 0 Å². The monoisotopic (exact) mass is 264 g/mol. The molecule has 0 saturated carbocycles. The van der Waals surface area contributed by atoms with E-state index in [4.69, 9.17) is 11.5 Å². The molecule has 104 valence electrons. The van der Waals surface area contributed by atoms with Crippen LogP contribution in [-0.4, -0.2) is 28.0 Å². The van der Waals surface area contributed by atoms with Crippen molar-refractivity contribution in [2.24, 2.45) is 16.9 Å². The Hall–Kier alpha value is -1.98. The maximum atomic E-state index is 11.6. The van der Waals surface area contributed by atoms with Crippen molar-refractivity contribution in [1.29, 1.82) is 0 Å². The Balaban J connectivity index is 2.60. The summed E-state index contributed by atoms with van der Waals surface area (Å²) >= 11 is 0. The number of hydrogen-bond donors (Lipinski definition) is 2. The van der Waals surface area contributed by atoms with Crippen LogP contribution in [-0.2, 0) is 6.54 Å². The number of urea groups is 1. The maximum Gasteiger partial charge on any atom is 0.315 e. The van der Waals surface area contributed by atoms with Crippen LogP contribution >= 0.6 is 0 Å². The topological polar surface area (TPSA) is 94.3 Å². The van der Waals surface area contributed by atoms with Gasteiger partial charge in [-0.15, -0.1) is 0 Å². The van der Waals surface area contributed by atoms with Gasteiger partial charge in [0.15, 0.2) is 0 Å². The van der Waals surface area contributed by atoms with Gasteiger partial charge in [-0.25, -0.2) is 4.79 Å². The first-order valence-electron chi connectivity index (χ1n) is 6.28. The summed E-state index contributed by atoms with van der Waals surface area (Å²) in [6.45, 7) is 7.21. The molecule has 1 aromatic rings. The first kappa shape index (κ1) is 13.5. The summed E-state index contributed by atoms with van der Waals surface area (Å²) in [7, 11) is 0. The first-order chi connectivity index (χ1) is 8.73. The highest BCUT2D eigenvalue weighted by atomic mass is 16.2. The number of nitrogens with two attached hydrogens (primary N) is 2. The van der Waals surface area contributed by atoms with Crippen LogP contribution in [0.4, 0.5) is 4.79 Å². The van der Waals surface area contributed by atoms with Gasteiger partial charge in [-0.2, -0.15) is 0 Å². The normalized spacial score (nSPS) is 19.1. The van der Waals surface area contributed by atoms with E-state index < -0.39 is 11.9 Å². The summed E-state index contributed by atoms with van der Waals surface area (Å²) in [5.41, 5.74) is 11.9. The summed E-state index contributed by atoms with van der Waals surface area (Å²) in [5, 5.41) is 0. The van der Waals surface area contributed by atoms with E-state index in [1.54, 1.807) is 11.0 Å². The van der Waals surface area contributed by atoms with Crippen molar-refractivity contribution in [2.45, 2.75) is 33.4 Å². The molecule has 1 atom stereocenters. The Kier molecular flexibility index (Phi) is 3.04. The van der Waals surface area contributed by atoms with Gasteiger partial charge in [-0.1, -0.05) is 20.8 Å². The second kappa shape index (κ2) is 4.29. The smallest absolute Gasteiger partial charge is 0.315 e. The summed E-state index contributed by atoms with van der Waals surface area (Å²) < 4.78 is 1.98. The maximum absolute atomic E-state index is 11.6. The number of amides is 3. The second-order valence-corrected chi connectivity index (χ2v) is 5.97. The van der Waals surface area contributed by atoms with Crippen LogP contribution in [0.1, 0.15) is 42.9 Å². The van der Waals surface area contributed by atoms with E-state index in [2.05, 4.69) is 0 Å². The van der Waals surface area contributed by atoms with E-state index in [9.17, 15) is 9.59 Å². The van der Waals surface area contributed by atoms with E-state index in [1.807, 2.05) is 31.5 Å². The molecule has 1 unspecified atom stereocenters. The zero-order chi connectivity index (χ0) is 14.4. The van der Waals surface area contributed by atoms with Crippen LogP contribution in [0.3, 0.4) is 0 Å². The predicted molar refractivity (Wildman–Crippen MR) is 71.4 cm³/mol. The number of carbonyl (C=O) groups excluding carboxylic acids is 2. The molecule has 1 aromatic heterocycles. The van der Waals surface area contributed by atoms with Crippen LogP contribution in [0.5, 0.6) is 0 Å². The molecule has 0 radical (unpaired) electrons. The van der Waals surface area contributed by atoms with Gasteiger partial charge in [0.2, 0.25) is 0 Å². The SMILES string of the molecule is CC(C)(C)C1c2c(C(N)=O)ccn2CCN1C(N)=O. The molecule has 1 aliphatic heterocycles. The van der Waals surface area contributed by atoms with Gasteiger partial charge in [0.05, 0.1) is 17.3 Å². The number of primary amides is 2. The summed E-state index contributed by atoms with van der Waals surface area (Å²) in [6.07, 6.45) is 1.84. The fourth-order valence-electron chi connectivity index (χ4n) is 2.80. The fraction of sp³-hybridized carbons (Fsp3) is 0.538. The van der Waals surface area contributed by atoms with Crippen molar-refractivity contribution in [3.63, 3.8) is 0 Å². The van der Waals surface area contributed by atoms with Crippen molar-refractivity contribution in [3.05, 3.63) is 23.5 Å². The summed E-state index contributed by atoms with van der Waals surface area (Å²) in [6, 6.07) is 0.986. The molecule has 1 aliphatic rings. The van der Waals surface area contributed by atoms with Gasteiger partial charge in [0, 0.05) is 19.3 Å². The third-order valence-corrected chi connectivity index (χ3v) is 3.53. The minimum atomic E-state index is -0.477. The summed E-state index contributed by atoms with van der Waals surface area (Å²) in [5.74, 6) is -0.477. The number of rotatable bonds is 1. The van der Waals surface area contributed by atoms with Crippen molar-refractivity contribution in [2.75, 3.05) is 6.54 Å². The minimum absolute atomic E-state index is 0.240.